The molecule has 18 heavy (non-hydrogen) atoms. The fraction of sp³-hybridized carbons (Fsp3) is 0.786. The molecule has 1 amide bonds. The van der Waals surface area contributed by atoms with Crippen molar-refractivity contribution in [3.8, 4) is 12.3 Å². The third kappa shape index (κ3) is 5.52. The molecule has 0 bridgehead atoms. The van der Waals surface area contributed by atoms with Crippen LogP contribution in [0.1, 0.15) is 26.2 Å². The highest BCUT2D eigenvalue weighted by molar-refractivity contribution is 5.81. The van der Waals surface area contributed by atoms with Crippen molar-refractivity contribution < 1.29 is 4.79 Å². The van der Waals surface area contributed by atoms with E-state index in [9.17, 15) is 4.79 Å². The van der Waals surface area contributed by atoms with Gasteiger partial charge in [-0.15, -0.1) is 6.42 Å². The zero-order valence-electron chi connectivity index (χ0n) is 11.5. The maximum atomic E-state index is 11.6. The monoisotopic (exact) mass is 251 g/mol. The first-order valence-electron chi connectivity index (χ1n) is 6.76. The summed E-state index contributed by atoms with van der Waals surface area (Å²) in [6, 6.07) is -0.162. The van der Waals surface area contributed by atoms with Crippen LogP contribution >= 0.6 is 0 Å². The van der Waals surface area contributed by atoms with Crippen molar-refractivity contribution in [3.63, 3.8) is 0 Å². The number of hydrogen-bond donors (Lipinski definition) is 2. The third-order valence-corrected chi connectivity index (χ3v) is 3.60. The number of amides is 1. The predicted molar refractivity (Wildman–Crippen MR) is 74.1 cm³/mol. The van der Waals surface area contributed by atoms with E-state index in [0.717, 1.165) is 18.9 Å². The molecule has 0 aromatic heterocycles. The van der Waals surface area contributed by atoms with Crippen LogP contribution in [0.4, 0.5) is 0 Å². The summed E-state index contributed by atoms with van der Waals surface area (Å²) in [5.74, 6) is 3.18. The Hall–Kier alpha value is -1.05. The van der Waals surface area contributed by atoms with Gasteiger partial charge in [0, 0.05) is 0 Å². The average molecular weight is 251 g/mol. The number of piperidine rings is 1. The van der Waals surface area contributed by atoms with E-state index in [1.54, 1.807) is 0 Å². The number of carbonyl (C=O) groups is 1. The lowest BCUT2D eigenvalue weighted by molar-refractivity contribution is -0.122. The molecule has 1 aliphatic heterocycles. The first kappa shape index (κ1) is 15.0. The van der Waals surface area contributed by atoms with Crippen LogP contribution in [0.15, 0.2) is 0 Å². The molecule has 4 nitrogen and oxygen atoms in total. The highest BCUT2D eigenvalue weighted by atomic mass is 16.2. The molecule has 0 aliphatic carbocycles. The first-order valence-corrected chi connectivity index (χ1v) is 6.76. The highest BCUT2D eigenvalue weighted by Crippen LogP contribution is 2.18. The van der Waals surface area contributed by atoms with Crippen LogP contribution in [0.25, 0.3) is 0 Å². The first-order chi connectivity index (χ1) is 8.63. The Balaban J connectivity index is 2.10. The van der Waals surface area contributed by atoms with Gasteiger partial charge < -0.3 is 15.5 Å². The van der Waals surface area contributed by atoms with Crippen LogP contribution < -0.4 is 10.6 Å². The van der Waals surface area contributed by atoms with Crippen molar-refractivity contribution in [1.29, 1.82) is 0 Å². The minimum absolute atomic E-state index is 0.0173. The van der Waals surface area contributed by atoms with Crippen molar-refractivity contribution in [1.82, 2.24) is 15.5 Å². The number of nitrogens with one attached hydrogen (secondary N) is 2. The van der Waals surface area contributed by atoms with E-state index in [0.29, 0.717) is 6.54 Å². The lowest BCUT2D eigenvalue weighted by atomic mass is 9.94. The largest absolute Gasteiger partial charge is 0.344 e. The normalized spacial score (nSPS) is 19.2. The number of carbonyl (C=O) groups excluding carboxylic acids is 1. The maximum Gasteiger partial charge on any atom is 0.237 e. The van der Waals surface area contributed by atoms with Gasteiger partial charge in [-0.1, -0.05) is 5.92 Å². The van der Waals surface area contributed by atoms with E-state index in [1.807, 2.05) is 6.92 Å². The van der Waals surface area contributed by atoms with Crippen molar-refractivity contribution in [2.45, 2.75) is 32.2 Å². The molecule has 0 aromatic carbocycles. The Morgan fingerprint density at radius 1 is 1.50 bits per heavy atom. The number of hydrogen-bond acceptors (Lipinski definition) is 3. The highest BCUT2D eigenvalue weighted by Gasteiger charge is 2.17. The molecule has 2 N–H and O–H groups in total. The van der Waals surface area contributed by atoms with E-state index >= 15 is 0 Å². The second kappa shape index (κ2) is 8.12. The Labute approximate surface area is 110 Å². The summed E-state index contributed by atoms with van der Waals surface area (Å²) in [5, 5.41) is 5.94. The van der Waals surface area contributed by atoms with E-state index < -0.39 is 0 Å². The summed E-state index contributed by atoms with van der Waals surface area (Å²) in [5.41, 5.74) is 0. The maximum absolute atomic E-state index is 11.6. The van der Waals surface area contributed by atoms with Gasteiger partial charge in [-0.25, -0.2) is 0 Å². The van der Waals surface area contributed by atoms with Gasteiger partial charge in [0.05, 0.1) is 12.6 Å². The molecule has 1 fully saturated rings. The third-order valence-electron chi connectivity index (χ3n) is 3.60. The summed E-state index contributed by atoms with van der Waals surface area (Å²) in [6.07, 6.45) is 8.80. The summed E-state index contributed by atoms with van der Waals surface area (Å²) in [6.45, 7) is 5.48. The Kier molecular flexibility index (Phi) is 6.77. The average Bonchev–Trinajstić information content (AvgIpc) is 2.38. The van der Waals surface area contributed by atoms with Gasteiger partial charge in [0.15, 0.2) is 0 Å². The zero-order chi connectivity index (χ0) is 13.4. The summed E-state index contributed by atoms with van der Waals surface area (Å²) in [7, 11) is 2.17. The lowest BCUT2D eigenvalue weighted by Gasteiger charge is -2.29. The Bertz CT molecular complexity index is 290. The molecule has 1 rings (SSSR count). The second-order valence-electron chi connectivity index (χ2n) is 5.13. The van der Waals surface area contributed by atoms with Crippen LogP contribution in [0.2, 0.25) is 0 Å². The standard InChI is InChI=1S/C14H25N3O/c1-4-8-16-14(18)12(2)15-9-5-13-6-10-17(3)11-7-13/h1,12-13,15H,5-11H2,2-3H3,(H,16,18). The molecule has 1 saturated heterocycles. The van der Waals surface area contributed by atoms with Crippen LogP contribution in [0.3, 0.4) is 0 Å². The SMILES string of the molecule is C#CCNC(=O)C(C)NCCC1CCN(C)CC1. The molecule has 1 heterocycles. The molecular formula is C14H25N3O. The molecule has 4 heteroatoms. The molecule has 0 spiro atoms. The Morgan fingerprint density at radius 2 is 2.17 bits per heavy atom. The van der Waals surface area contributed by atoms with Crippen LogP contribution in [-0.4, -0.2) is 50.1 Å². The van der Waals surface area contributed by atoms with E-state index in [1.165, 1.54) is 25.9 Å². The quantitative estimate of drug-likeness (QED) is 0.674. The second-order valence-corrected chi connectivity index (χ2v) is 5.13. The molecule has 1 aliphatic rings. The fourth-order valence-corrected chi connectivity index (χ4v) is 2.24. The topological polar surface area (TPSA) is 44.4 Å². The molecule has 0 radical (unpaired) electrons. The van der Waals surface area contributed by atoms with Gasteiger partial charge >= 0.3 is 0 Å². The van der Waals surface area contributed by atoms with Crippen LogP contribution in [0.5, 0.6) is 0 Å². The van der Waals surface area contributed by atoms with Gasteiger partial charge in [-0.3, -0.25) is 4.79 Å². The molecule has 0 aromatic rings. The van der Waals surface area contributed by atoms with Crippen LogP contribution in [-0.2, 0) is 4.79 Å². The molecule has 1 unspecified atom stereocenters. The molecular weight excluding hydrogens is 226 g/mol. The number of rotatable bonds is 6. The minimum atomic E-state index is -0.162. The van der Waals surface area contributed by atoms with Gasteiger partial charge in [0.25, 0.3) is 0 Å². The minimum Gasteiger partial charge on any atom is -0.344 e. The predicted octanol–water partition coefficient (Wildman–Crippen LogP) is 0.446. The lowest BCUT2D eigenvalue weighted by Crippen LogP contribution is -2.43. The smallest absolute Gasteiger partial charge is 0.237 e. The van der Waals surface area contributed by atoms with Crippen molar-refractivity contribution in [2.75, 3.05) is 33.2 Å². The van der Waals surface area contributed by atoms with E-state index in [-0.39, 0.29) is 11.9 Å². The summed E-state index contributed by atoms with van der Waals surface area (Å²) < 4.78 is 0. The van der Waals surface area contributed by atoms with Crippen molar-refractivity contribution >= 4 is 5.91 Å². The van der Waals surface area contributed by atoms with Gasteiger partial charge in [-0.2, -0.15) is 0 Å². The number of nitrogens with zero attached hydrogens (tertiary/aromatic N) is 1. The van der Waals surface area contributed by atoms with Crippen molar-refractivity contribution in [3.05, 3.63) is 0 Å². The summed E-state index contributed by atoms with van der Waals surface area (Å²) in [4.78, 5) is 13.9. The van der Waals surface area contributed by atoms with Gasteiger partial charge in [0.2, 0.25) is 5.91 Å². The molecule has 1 atom stereocenters. The molecule has 0 saturated carbocycles. The molecule has 102 valence electrons. The number of terminal acetylenes is 1. The van der Waals surface area contributed by atoms with Gasteiger partial charge in [-0.05, 0) is 58.8 Å². The van der Waals surface area contributed by atoms with E-state index in [2.05, 4.69) is 28.5 Å². The van der Waals surface area contributed by atoms with Gasteiger partial charge in [0.1, 0.15) is 0 Å². The number of likely N-dealkylation sites (tertiary alicyclic amines) is 1. The fourth-order valence-electron chi connectivity index (χ4n) is 2.24. The van der Waals surface area contributed by atoms with E-state index in [4.69, 9.17) is 6.42 Å². The zero-order valence-corrected chi connectivity index (χ0v) is 11.5. The summed E-state index contributed by atoms with van der Waals surface area (Å²) >= 11 is 0. The Morgan fingerprint density at radius 3 is 2.78 bits per heavy atom. The van der Waals surface area contributed by atoms with Crippen molar-refractivity contribution in [2.24, 2.45) is 5.92 Å². The van der Waals surface area contributed by atoms with Crippen LogP contribution in [0, 0.1) is 18.3 Å².